The predicted molar refractivity (Wildman–Crippen MR) is 165 cm³/mol. The first-order valence-corrected chi connectivity index (χ1v) is 14.9. The van der Waals surface area contributed by atoms with Gasteiger partial charge < -0.3 is 14.2 Å². The highest BCUT2D eigenvalue weighted by atomic mass is 35.5. The normalized spacial score (nSPS) is 14.8. The second-order valence-electron chi connectivity index (χ2n) is 9.77. The summed E-state index contributed by atoms with van der Waals surface area (Å²) in [5.74, 6) is 0.694. The number of ether oxygens (including phenoxy) is 3. The third kappa shape index (κ3) is 6.20. The van der Waals surface area contributed by atoms with Gasteiger partial charge in [-0.3, -0.25) is 9.36 Å². The van der Waals surface area contributed by atoms with Gasteiger partial charge in [-0.2, -0.15) is 0 Å². The van der Waals surface area contributed by atoms with Crippen molar-refractivity contribution in [1.82, 2.24) is 4.57 Å². The van der Waals surface area contributed by atoms with Crippen LogP contribution >= 0.6 is 22.9 Å². The molecule has 1 aliphatic heterocycles. The molecule has 4 aromatic rings. The van der Waals surface area contributed by atoms with Gasteiger partial charge in [-0.15, -0.1) is 0 Å². The van der Waals surface area contributed by atoms with Crippen LogP contribution in [0.15, 0.2) is 87.8 Å². The SMILES string of the molecule is CCOC(=O)C1=C(C)N=c2sc(=Cc3ccc(OCc4ccc(Cl)cc4)c(OCC)c3)c(=O)n2[C@@H]1c1ccc(C)cc1. The fourth-order valence-electron chi connectivity index (χ4n) is 4.75. The summed E-state index contributed by atoms with van der Waals surface area (Å²) >= 11 is 7.27. The van der Waals surface area contributed by atoms with Crippen LogP contribution in [0.5, 0.6) is 11.5 Å². The van der Waals surface area contributed by atoms with E-state index in [4.69, 9.17) is 25.8 Å². The zero-order chi connectivity index (χ0) is 29.8. The van der Waals surface area contributed by atoms with Crippen LogP contribution in [0, 0.1) is 6.92 Å². The summed E-state index contributed by atoms with van der Waals surface area (Å²) in [6, 6.07) is 20.2. The Kier molecular flexibility index (Phi) is 8.94. The Labute approximate surface area is 253 Å². The molecule has 7 nitrogen and oxygen atoms in total. The summed E-state index contributed by atoms with van der Waals surface area (Å²) in [5, 5.41) is 0.667. The number of fused-ring (bicyclic) bond motifs is 1. The number of rotatable bonds is 9. The highest BCUT2D eigenvalue weighted by molar-refractivity contribution is 7.07. The van der Waals surface area contributed by atoms with E-state index in [0.717, 1.165) is 22.3 Å². The van der Waals surface area contributed by atoms with E-state index in [1.54, 1.807) is 18.4 Å². The van der Waals surface area contributed by atoms with Crippen LogP contribution in [0.3, 0.4) is 0 Å². The molecular weight excluding hydrogens is 572 g/mol. The van der Waals surface area contributed by atoms with Crippen molar-refractivity contribution in [3.05, 3.63) is 125 Å². The Morgan fingerprint density at radius 3 is 2.40 bits per heavy atom. The van der Waals surface area contributed by atoms with Gasteiger partial charge in [-0.05, 0) is 74.7 Å². The van der Waals surface area contributed by atoms with Gasteiger partial charge in [-0.1, -0.05) is 71.0 Å². The van der Waals surface area contributed by atoms with Crippen molar-refractivity contribution < 1.29 is 19.0 Å². The van der Waals surface area contributed by atoms with E-state index >= 15 is 0 Å². The molecule has 0 spiro atoms. The average molecular weight is 603 g/mol. The predicted octanol–water partition coefficient (Wildman–Crippen LogP) is 5.74. The molecule has 0 amide bonds. The lowest BCUT2D eigenvalue weighted by molar-refractivity contribution is -0.139. The Balaban J connectivity index is 1.54. The van der Waals surface area contributed by atoms with Crippen molar-refractivity contribution in [2.75, 3.05) is 13.2 Å². The topological polar surface area (TPSA) is 79.1 Å². The molecule has 42 heavy (non-hydrogen) atoms. The van der Waals surface area contributed by atoms with Gasteiger partial charge in [-0.25, -0.2) is 9.79 Å². The number of thiazole rings is 1. The maximum absolute atomic E-state index is 13.9. The molecule has 0 N–H and O–H groups in total. The molecule has 5 rings (SSSR count). The summed E-state index contributed by atoms with van der Waals surface area (Å²) in [6.07, 6.45) is 1.81. The summed E-state index contributed by atoms with van der Waals surface area (Å²) in [4.78, 5) is 32.2. The number of nitrogens with zero attached hydrogens (tertiary/aromatic N) is 2. The molecule has 1 aromatic heterocycles. The standard InChI is InChI=1S/C33H31ClN2O5S/c1-5-39-27-17-23(11-16-26(27)41-19-22-9-14-25(34)15-10-22)18-28-31(37)36-30(24-12-7-20(3)8-13-24)29(32(38)40-6-2)21(4)35-33(36)42-28/h7-18,30H,5-6,19H2,1-4H3/t30-/m1/s1. The number of allylic oxidation sites excluding steroid dienone is 1. The molecule has 216 valence electrons. The molecule has 0 fully saturated rings. The molecule has 9 heteroatoms. The smallest absolute Gasteiger partial charge is 0.338 e. The fraction of sp³-hybridized carbons (Fsp3) is 0.242. The van der Waals surface area contributed by atoms with Crippen molar-refractivity contribution in [3.8, 4) is 11.5 Å². The Morgan fingerprint density at radius 2 is 1.71 bits per heavy atom. The molecule has 0 saturated heterocycles. The Morgan fingerprint density at radius 1 is 0.976 bits per heavy atom. The van der Waals surface area contributed by atoms with Gasteiger partial charge in [0.05, 0.1) is 35.1 Å². The van der Waals surface area contributed by atoms with E-state index in [2.05, 4.69) is 4.99 Å². The number of carbonyl (C=O) groups is 1. The number of esters is 1. The van der Waals surface area contributed by atoms with E-state index in [1.165, 1.54) is 11.3 Å². The third-order valence-corrected chi connectivity index (χ3v) is 8.02. The van der Waals surface area contributed by atoms with Crippen molar-refractivity contribution in [2.24, 2.45) is 4.99 Å². The maximum atomic E-state index is 13.9. The molecule has 0 bridgehead atoms. The average Bonchev–Trinajstić information content (AvgIpc) is 3.27. The zero-order valence-electron chi connectivity index (χ0n) is 23.8. The lowest BCUT2D eigenvalue weighted by atomic mass is 9.95. The first kappa shape index (κ1) is 29.4. The van der Waals surface area contributed by atoms with Crippen LogP contribution in [0.25, 0.3) is 6.08 Å². The quantitative estimate of drug-likeness (QED) is 0.228. The molecule has 1 aliphatic rings. The van der Waals surface area contributed by atoms with Gasteiger partial charge in [0.25, 0.3) is 5.56 Å². The second-order valence-corrected chi connectivity index (χ2v) is 11.2. The number of aryl methyl sites for hydroxylation is 1. The first-order valence-electron chi connectivity index (χ1n) is 13.7. The number of benzene rings is 3. The number of halogens is 1. The Hall–Kier alpha value is -4.14. The zero-order valence-corrected chi connectivity index (χ0v) is 25.4. The molecular formula is C33H31ClN2O5S. The van der Waals surface area contributed by atoms with E-state index in [0.29, 0.717) is 50.3 Å². The van der Waals surface area contributed by atoms with Crippen LogP contribution in [0.2, 0.25) is 5.02 Å². The van der Waals surface area contributed by atoms with Crippen LogP contribution in [0.4, 0.5) is 0 Å². The molecule has 1 atom stereocenters. The molecule has 0 radical (unpaired) electrons. The van der Waals surface area contributed by atoms with E-state index in [9.17, 15) is 9.59 Å². The van der Waals surface area contributed by atoms with Crippen LogP contribution in [-0.4, -0.2) is 23.8 Å². The van der Waals surface area contributed by atoms with E-state index in [1.807, 2.05) is 86.7 Å². The second kappa shape index (κ2) is 12.8. The third-order valence-electron chi connectivity index (χ3n) is 6.78. The maximum Gasteiger partial charge on any atom is 0.338 e. The van der Waals surface area contributed by atoms with Crippen molar-refractivity contribution in [1.29, 1.82) is 0 Å². The van der Waals surface area contributed by atoms with Crippen LogP contribution in [0.1, 0.15) is 49.1 Å². The number of hydrogen-bond acceptors (Lipinski definition) is 7. The summed E-state index contributed by atoms with van der Waals surface area (Å²) in [5.41, 5.74) is 4.30. The minimum Gasteiger partial charge on any atom is -0.490 e. The minimum absolute atomic E-state index is 0.224. The number of carbonyl (C=O) groups excluding carboxylic acids is 1. The van der Waals surface area contributed by atoms with Gasteiger partial charge in [0, 0.05) is 5.02 Å². The number of aromatic nitrogens is 1. The van der Waals surface area contributed by atoms with Crippen LogP contribution < -0.4 is 24.4 Å². The lowest BCUT2D eigenvalue weighted by Gasteiger charge is -2.24. The van der Waals surface area contributed by atoms with Gasteiger partial charge >= 0.3 is 5.97 Å². The highest BCUT2D eigenvalue weighted by Crippen LogP contribution is 2.32. The minimum atomic E-state index is -0.648. The first-order chi connectivity index (χ1) is 20.3. The monoisotopic (exact) mass is 602 g/mol. The van der Waals surface area contributed by atoms with E-state index < -0.39 is 12.0 Å². The Bertz CT molecular complexity index is 1820. The largest absolute Gasteiger partial charge is 0.490 e. The molecule has 0 aliphatic carbocycles. The number of hydrogen-bond donors (Lipinski definition) is 0. The van der Waals surface area contributed by atoms with Gasteiger partial charge in [0.2, 0.25) is 0 Å². The van der Waals surface area contributed by atoms with Crippen molar-refractivity contribution in [3.63, 3.8) is 0 Å². The fourth-order valence-corrected chi connectivity index (χ4v) is 5.92. The summed E-state index contributed by atoms with van der Waals surface area (Å²) < 4.78 is 19.4. The highest BCUT2D eigenvalue weighted by Gasteiger charge is 2.33. The summed E-state index contributed by atoms with van der Waals surface area (Å²) in [6.45, 7) is 8.47. The lowest BCUT2D eigenvalue weighted by Crippen LogP contribution is -2.39. The molecule has 0 saturated carbocycles. The van der Waals surface area contributed by atoms with Crippen molar-refractivity contribution in [2.45, 2.75) is 40.3 Å². The molecule has 3 aromatic carbocycles. The molecule has 0 unspecified atom stereocenters. The van der Waals surface area contributed by atoms with Crippen LogP contribution in [-0.2, 0) is 16.1 Å². The van der Waals surface area contributed by atoms with Gasteiger partial charge in [0.1, 0.15) is 6.61 Å². The summed E-state index contributed by atoms with van der Waals surface area (Å²) in [7, 11) is 0. The molecule has 2 heterocycles. The van der Waals surface area contributed by atoms with E-state index in [-0.39, 0.29) is 12.2 Å². The van der Waals surface area contributed by atoms with Gasteiger partial charge in [0.15, 0.2) is 16.3 Å². The van der Waals surface area contributed by atoms with Crippen molar-refractivity contribution >= 4 is 35.0 Å².